The summed E-state index contributed by atoms with van der Waals surface area (Å²) < 4.78 is 12.2. The zero-order chi connectivity index (χ0) is 23.5. The van der Waals surface area contributed by atoms with E-state index in [1.165, 1.54) is 14.2 Å². The third-order valence-electron chi connectivity index (χ3n) is 5.58. The Morgan fingerprint density at radius 2 is 1.88 bits per heavy atom. The molecule has 0 unspecified atom stereocenters. The highest BCUT2D eigenvalue weighted by Crippen LogP contribution is 2.36. The molecule has 0 saturated carbocycles. The van der Waals surface area contributed by atoms with Crippen molar-refractivity contribution in [3.8, 4) is 11.5 Å². The number of anilines is 2. The van der Waals surface area contributed by atoms with Gasteiger partial charge in [0, 0.05) is 45.0 Å². The van der Waals surface area contributed by atoms with E-state index in [9.17, 15) is 9.59 Å². The first-order chi connectivity index (χ1) is 16.0. The number of urea groups is 1. The number of amides is 2. The molecule has 0 bridgehead atoms. The molecule has 1 saturated heterocycles. The van der Waals surface area contributed by atoms with Crippen LogP contribution in [0.4, 0.5) is 16.3 Å². The van der Waals surface area contributed by atoms with Crippen molar-refractivity contribution < 1.29 is 14.3 Å². The van der Waals surface area contributed by atoms with Crippen LogP contribution in [0.15, 0.2) is 35.3 Å². The van der Waals surface area contributed by atoms with Crippen LogP contribution in [-0.4, -0.2) is 65.9 Å². The monoisotopic (exact) mass is 472 g/mol. The minimum atomic E-state index is -0.282. The number of methoxy groups -OCH3 is 2. The number of hydrogen-bond donors (Lipinski definition) is 1. The first-order valence-corrected chi connectivity index (χ1v) is 10.9. The average Bonchev–Trinajstić information content (AvgIpc) is 2.84. The second-order valence-electron chi connectivity index (χ2n) is 7.42. The number of ether oxygens (including phenoxy) is 2. The lowest BCUT2D eigenvalue weighted by atomic mass is 10.2. The topological polar surface area (TPSA) is 102 Å². The van der Waals surface area contributed by atoms with E-state index in [2.05, 4.69) is 15.3 Å². The number of piperazine rings is 1. The van der Waals surface area contributed by atoms with Crippen LogP contribution in [-0.2, 0) is 6.54 Å². The molecular formula is C22H25ClN6O4. The number of aromatic nitrogens is 3. The van der Waals surface area contributed by atoms with Gasteiger partial charge in [-0.15, -0.1) is 0 Å². The fourth-order valence-corrected chi connectivity index (χ4v) is 4.08. The molecule has 3 heterocycles. The van der Waals surface area contributed by atoms with Crippen LogP contribution >= 0.6 is 11.6 Å². The number of nitrogens with one attached hydrogen (secondary N) is 1. The Balaban J connectivity index is 1.49. The van der Waals surface area contributed by atoms with E-state index in [0.717, 1.165) is 0 Å². The number of pyridine rings is 1. The standard InChI is InChI=1S/C22H25ClN6O4/c1-4-29-19-15(6-5-7-24-19)25-20(21(29)30)27-8-10-28(11-9-27)22(31)26-16-12-14(23)17(32-2)13-18(16)33-3/h5-7,12-13H,4,8-11H2,1-3H3,(H,26,31). The maximum atomic E-state index is 13.0. The zero-order valence-electron chi connectivity index (χ0n) is 18.7. The van der Waals surface area contributed by atoms with E-state index in [1.54, 1.807) is 33.9 Å². The number of halogens is 1. The summed E-state index contributed by atoms with van der Waals surface area (Å²) in [4.78, 5) is 38.3. The van der Waals surface area contributed by atoms with Gasteiger partial charge in [0.2, 0.25) is 0 Å². The van der Waals surface area contributed by atoms with Crippen molar-refractivity contribution in [3.05, 3.63) is 45.8 Å². The molecule has 0 atom stereocenters. The van der Waals surface area contributed by atoms with Gasteiger partial charge >= 0.3 is 6.03 Å². The summed E-state index contributed by atoms with van der Waals surface area (Å²) in [6.45, 7) is 4.21. The first kappa shape index (κ1) is 22.7. The lowest BCUT2D eigenvalue weighted by Crippen LogP contribution is -2.51. The van der Waals surface area contributed by atoms with Gasteiger partial charge in [-0.3, -0.25) is 9.36 Å². The summed E-state index contributed by atoms with van der Waals surface area (Å²) in [6.07, 6.45) is 1.65. The van der Waals surface area contributed by atoms with Gasteiger partial charge in [0.05, 0.1) is 24.9 Å². The maximum absolute atomic E-state index is 13.0. The SMILES string of the molecule is CCn1c(=O)c(N2CCN(C(=O)Nc3cc(Cl)c(OC)cc3OC)CC2)nc2cccnc21. The van der Waals surface area contributed by atoms with Crippen molar-refractivity contribution in [2.24, 2.45) is 0 Å². The molecule has 1 fully saturated rings. The van der Waals surface area contributed by atoms with E-state index >= 15 is 0 Å². The number of carbonyl (C=O) groups is 1. The number of benzene rings is 1. The average molecular weight is 473 g/mol. The normalized spacial score (nSPS) is 13.8. The Morgan fingerprint density at radius 3 is 2.55 bits per heavy atom. The summed E-state index contributed by atoms with van der Waals surface area (Å²) in [6, 6.07) is 6.57. The Labute approximate surface area is 195 Å². The Hall–Kier alpha value is -3.53. The predicted molar refractivity (Wildman–Crippen MR) is 127 cm³/mol. The van der Waals surface area contributed by atoms with E-state index < -0.39 is 0 Å². The number of nitrogens with zero attached hydrogens (tertiary/aromatic N) is 5. The van der Waals surface area contributed by atoms with Crippen LogP contribution in [0.2, 0.25) is 5.02 Å². The molecule has 33 heavy (non-hydrogen) atoms. The van der Waals surface area contributed by atoms with Gasteiger partial charge in [0.1, 0.15) is 17.0 Å². The third-order valence-corrected chi connectivity index (χ3v) is 5.88. The van der Waals surface area contributed by atoms with Crippen LogP contribution in [0.1, 0.15) is 6.92 Å². The molecule has 1 N–H and O–H groups in total. The summed E-state index contributed by atoms with van der Waals surface area (Å²) in [7, 11) is 3.01. The summed E-state index contributed by atoms with van der Waals surface area (Å²) in [5.74, 6) is 1.27. The fourth-order valence-electron chi connectivity index (χ4n) is 3.84. The Morgan fingerprint density at radius 1 is 1.15 bits per heavy atom. The van der Waals surface area contributed by atoms with Crippen LogP contribution in [0, 0.1) is 0 Å². The highest BCUT2D eigenvalue weighted by atomic mass is 35.5. The van der Waals surface area contributed by atoms with Gasteiger partial charge in [0.15, 0.2) is 11.5 Å². The number of aryl methyl sites for hydroxylation is 1. The van der Waals surface area contributed by atoms with E-state index in [-0.39, 0.29) is 11.6 Å². The molecule has 11 heteroatoms. The van der Waals surface area contributed by atoms with Gasteiger partial charge in [-0.2, -0.15) is 0 Å². The molecular weight excluding hydrogens is 448 g/mol. The molecule has 1 aliphatic heterocycles. The van der Waals surface area contributed by atoms with Crippen molar-refractivity contribution in [1.82, 2.24) is 19.4 Å². The minimum absolute atomic E-state index is 0.181. The van der Waals surface area contributed by atoms with Crippen molar-refractivity contribution in [1.29, 1.82) is 0 Å². The van der Waals surface area contributed by atoms with Crippen molar-refractivity contribution >= 4 is 40.3 Å². The lowest BCUT2D eigenvalue weighted by Gasteiger charge is -2.35. The lowest BCUT2D eigenvalue weighted by molar-refractivity contribution is 0.208. The second kappa shape index (κ2) is 9.53. The second-order valence-corrected chi connectivity index (χ2v) is 7.83. The Bertz CT molecular complexity index is 1240. The minimum Gasteiger partial charge on any atom is -0.495 e. The van der Waals surface area contributed by atoms with Crippen molar-refractivity contribution in [3.63, 3.8) is 0 Å². The molecule has 1 aliphatic rings. The molecule has 2 amide bonds. The quantitative estimate of drug-likeness (QED) is 0.609. The van der Waals surface area contributed by atoms with Crippen LogP contribution in [0.5, 0.6) is 11.5 Å². The molecule has 174 valence electrons. The highest BCUT2D eigenvalue weighted by molar-refractivity contribution is 6.32. The zero-order valence-corrected chi connectivity index (χ0v) is 19.4. The fraction of sp³-hybridized carbons (Fsp3) is 0.364. The van der Waals surface area contributed by atoms with Crippen molar-refractivity contribution in [2.45, 2.75) is 13.5 Å². The molecule has 1 aromatic carbocycles. The summed E-state index contributed by atoms with van der Waals surface area (Å²) in [5, 5.41) is 3.21. The molecule has 4 rings (SSSR count). The number of hydrogen-bond acceptors (Lipinski definition) is 7. The summed E-state index contributed by atoms with van der Waals surface area (Å²) in [5.41, 5.74) is 1.50. The van der Waals surface area contributed by atoms with Gasteiger partial charge in [-0.1, -0.05) is 11.6 Å². The van der Waals surface area contributed by atoms with E-state index in [4.69, 9.17) is 21.1 Å². The maximum Gasteiger partial charge on any atom is 0.322 e. The smallest absolute Gasteiger partial charge is 0.322 e. The van der Waals surface area contributed by atoms with Gasteiger partial charge in [0.25, 0.3) is 5.56 Å². The molecule has 0 spiro atoms. The molecule has 0 aliphatic carbocycles. The number of rotatable bonds is 5. The first-order valence-electron chi connectivity index (χ1n) is 10.5. The van der Waals surface area contributed by atoms with E-state index in [1.807, 2.05) is 17.9 Å². The van der Waals surface area contributed by atoms with Gasteiger partial charge in [-0.05, 0) is 25.1 Å². The van der Waals surface area contributed by atoms with Crippen LogP contribution < -0.4 is 25.2 Å². The molecule has 2 aromatic heterocycles. The molecule has 3 aromatic rings. The summed E-state index contributed by atoms with van der Waals surface area (Å²) >= 11 is 6.20. The highest BCUT2D eigenvalue weighted by Gasteiger charge is 2.25. The number of fused-ring (bicyclic) bond motifs is 1. The van der Waals surface area contributed by atoms with Crippen LogP contribution in [0.25, 0.3) is 11.2 Å². The predicted octanol–water partition coefficient (Wildman–Crippen LogP) is 2.84. The Kier molecular flexibility index (Phi) is 6.55. The largest absolute Gasteiger partial charge is 0.495 e. The van der Waals surface area contributed by atoms with Gasteiger partial charge in [-0.25, -0.2) is 14.8 Å². The number of carbonyl (C=O) groups excluding carboxylic acids is 1. The third kappa shape index (κ3) is 4.38. The van der Waals surface area contributed by atoms with Crippen molar-refractivity contribution in [2.75, 3.05) is 50.6 Å². The van der Waals surface area contributed by atoms with Crippen LogP contribution in [0.3, 0.4) is 0 Å². The van der Waals surface area contributed by atoms with Gasteiger partial charge < -0.3 is 24.6 Å². The van der Waals surface area contributed by atoms with E-state index in [0.29, 0.717) is 71.9 Å². The molecule has 10 nitrogen and oxygen atoms in total. The molecule has 0 radical (unpaired) electrons.